The summed E-state index contributed by atoms with van der Waals surface area (Å²) >= 11 is 0. The molecule has 0 bridgehead atoms. The zero-order valence-corrected chi connectivity index (χ0v) is 22.2. The number of phenolic OH excluding ortho intramolecular Hbond substituents is 2. The van der Waals surface area contributed by atoms with Crippen molar-refractivity contribution >= 4 is 0 Å². The number of hydrogen-bond donors (Lipinski definition) is 4. The fourth-order valence-corrected chi connectivity index (χ4v) is 5.66. The lowest BCUT2D eigenvalue weighted by Crippen LogP contribution is -2.47. The molecule has 2 aliphatic rings. The SMILES string of the molecule is CCNC1(COc2cc(C3CC(O)CC(CCc4ccc(O)c(OC)c4)O3)cc(OC)c2O)CCCC1. The molecule has 0 amide bonds. The van der Waals surface area contributed by atoms with Crippen molar-refractivity contribution in [3.8, 4) is 28.7 Å². The number of likely N-dealkylation sites (N-methyl/N-ethyl adjacent to an activating group) is 1. The van der Waals surface area contributed by atoms with Crippen molar-refractivity contribution in [2.75, 3.05) is 27.4 Å². The van der Waals surface area contributed by atoms with Crippen LogP contribution in [-0.2, 0) is 11.2 Å². The van der Waals surface area contributed by atoms with Gasteiger partial charge >= 0.3 is 0 Å². The maximum Gasteiger partial charge on any atom is 0.200 e. The van der Waals surface area contributed by atoms with Crippen LogP contribution in [0.2, 0.25) is 0 Å². The average molecular weight is 516 g/mol. The standard InChI is InChI=1S/C29H41NO7/c1-4-30-29(11-5-6-12-29)18-36-27-15-20(14-26(35-3)28(27)33)24-17-21(31)16-22(37-24)9-7-19-8-10-23(32)25(13-19)34-2/h8,10,13-15,21-22,24,30-33H,4-7,9,11-12,16-18H2,1-3H3. The van der Waals surface area contributed by atoms with Crippen molar-refractivity contribution in [2.45, 2.75) is 82.1 Å². The van der Waals surface area contributed by atoms with E-state index in [1.807, 2.05) is 18.2 Å². The maximum absolute atomic E-state index is 10.8. The van der Waals surface area contributed by atoms with E-state index in [9.17, 15) is 15.3 Å². The van der Waals surface area contributed by atoms with Crippen LogP contribution in [0.4, 0.5) is 0 Å². The highest BCUT2D eigenvalue weighted by atomic mass is 16.5. The number of benzene rings is 2. The molecule has 1 aliphatic carbocycles. The van der Waals surface area contributed by atoms with Crippen molar-refractivity contribution in [2.24, 2.45) is 0 Å². The van der Waals surface area contributed by atoms with E-state index < -0.39 is 6.10 Å². The highest BCUT2D eigenvalue weighted by Gasteiger charge is 2.35. The van der Waals surface area contributed by atoms with Crippen LogP contribution in [-0.4, -0.2) is 60.4 Å². The van der Waals surface area contributed by atoms with Gasteiger partial charge in [0.25, 0.3) is 0 Å². The summed E-state index contributed by atoms with van der Waals surface area (Å²) < 4.78 is 23.3. The quantitative estimate of drug-likeness (QED) is 0.343. The van der Waals surface area contributed by atoms with Gasteiger partial charge in [-0.15, -0.1) is 0 Å². The molecular formula is C29H41NO7. The van der Waals surface area contributed by atoms with Gasteiger partial charge in [0.2, 0.25) is 5.75 Å². The van der Waals surface area contributed by atoms with Crippen LogP contribution in [0.3, 0.4) is 0 Å². The first-order valence-electron chi connectivity index (χ1n) is 13.3. The monoisotopic (exact) mass is 515 g/mol. The van der Waals surface area contributed by atoms with Gasteiger partial charge in [-0.05, 0) is 74.0 Å². The van der Waals surface area contributed by atoms with Crippen molar-refractivity contribution in [3.63, 3.8) is 0 Å². The molecule has 8 nitrogen and oxygen atoms in total. The van der Waals surface area contributed by atoms with Crippen LogP contribution in [0, 0.1) is 0 Å². The predicted molar refractivity (Wildman–Crippen MR) is 141 cm³/mol. The summed E-state index contributed by atoms with van der Waals surface area (Å²) in [5, 5.41) is 34.9. The molecule has 2 aromatic rings. The Hall–Kier alpha value is -2.68. The molecule has 0 aromatic heterocycles. The van der Waals surface area contributed by atoms with E-state index in [-0.39, 0.29) is 29.2 Å². The molecule has 4 rings (SSSR count). The van der Waals surface area contributed by atoms with Crippen molar-refractivity contribution in [1.29, 1.82) is 0 Å². The molecule has 37 heavy (non-hydrogen) atoms. The highest BCUT2D eigenvalue weighted by molar-refractivity contribution is 5.53. The molecule has 8 heteroatoms. The number of aryl methyl sites for hydroxylation is 1. The van der Waals surface area contributed by atoms with Crippen LogP contribution in [0.15, 0.2) is 30.3 Å². The number of hydrogen-bond acceptors (Lipinski definition) is 8. The normalized spacial score (nSPS) is 23.1. The summed E-state index contributed by atoms with van der Waals surface area (Å²) in [5.41, 5.74) is 1.76. The Morgan fingerprint density at radius 1 is 1.00 bits per heavy atom. The van der Waals surface area contributed by atoms with Crippen LogP contribution in [0.25, 0.3) is 0 Å². The summed E-state index contributed by atoms with van der Waals surface area (Å²) in [6.45, 7) is 3.43. The first-order valence-corrected chi connectivity index (χ1v) is 13.3. The summed E-state index contributed by atoms with van der Waals surface area (Å²) in [5.74, 6) is 1.23. The Morgan fingerprint density at radius 3 is 2.43 bits per heavy atom. The lowest BCUT2D eigenvalue weighted by molar-refractivity contribution is -0.0999. The lowest BCUT2D eigenvalue weighted by atomic mass is 9.93. The minimum Gasteiger partial charge on any atom is -0.504 e. The second kappa shape index (κ2) is 12.2. The molecule has 3 unspecified atom stereocenters. The smallest absolute Gasteiger partial charge is 0.200 e. The largest absolute Gasteiger partial charge is 0.504 e. The molecule has 4 N–H and O–H groups in total. The summed E-state index contributed by atoms with van der Waals surface area (Å²) in [6, 6.07) is 8.90. The maximum atomic E-state index is 10.8. The second-order valence-corrected chi connectivity index (χ2v) is 10.3. The minimum atomic E-state index is -0.502. The molecule has 0 spiro atoms. The van der Waals surface area contributed by atoms with Gasteiger partial charge in [0.15, 0.2) is 23.0 Å². The van der Waals surface area contributed by atoms with Gasteiger partial charge in [-0.1, -0.05) is 25.8 Å². The van der Waals surface area contributed by atoms with Crippen LogP contribution < -0.4 is 19.5 Å². The van der Waals surface area contributed by atoms with Gasteiger partial charge in [-0.25, -0.2) is 0 Å². The second-order valence-electron chi connectivity index (χ2n) is 10.3. The molecule has 1 aliphatic heterocycles. The third kappa shape index (κ3) is 6.61. The van der Waals surface area contributed by atoms with Crippen LogP contribution >= 0.6 is 0 Å². The summed E-state index contributed by atoms with van der Waals surface area (Å²) in [4.78, 5) is 0. The Bertz CT molecular complexity index is 1040. The number of aliphatic hydroxyl groups is 1. The van der Waals surface area contributed by atoms with Gasteiger partial charge < -0.3 is 39.6 Å². The zero-order chi connectivity index (χ0) is 26.4. The number of rotatable bonds is 11. The van der Waals surface area contributed by atoms with Crippen molar-refractivity contribution in [3.05, 3.63) is 41.5 Å². The van der Waals surface area contributed by atoms with Crippen molar-refractivity contribution < 1.29 is 34.3 Å². The van der Waals surface area contributed by atoms with Crippen LogP contribution in [0.5, 0.6) is 28.7 Å². The molecule has 2 fully saturated rings. The fraction of sp³-hybridized carbons (Fsp3) is 0.586. The van der Waals surface area contributed by atoms with Gasteiger partial charge in [-0.2, -0.15) is 0 Å². The Labute approximate surface area is 219 Å². The van der Waals surface area contributed by atoms with Crippen molar-refractivity contribution in [1.82, 2.24) is 5.32 Å². The first-order chi connectivity index (χ1) is 17.9. The number of nitrogens with one attached hydrogen (secondary N) is 1. The third-order valence-corrected chi connectivity index (χ3v) is 7.65. The molecule has 2 aromatic carbocycles. The van der Waals surface area contributed by atoms with Gasteiger partial charge in [-0.3, -0.25) is 0 Å². The fourth-order valence-electron chi connectivity index (χ4n) is 5.66. The first kappa shape index (κ1) is 27.4. The highest BCUT2D eigenvalue weighted by Crippen LogP contribution is 2.43. The number of aromatic hydroxyl groups is 2. The number of phenols is 2. The Balaban J connectivity index is 1.47. The molecule has 1 saturated carbocycles. The topological polar surface area (TPSA) is 110 Å². The third-order valence-electron chi connectivity index (χ3n) is 7.65. The van der Waals surface area contributed by atoms with E-state index in [2.05, 4.69) is 12.2 Å². The van der Waals surface area contributed by atoms with Gasteiger partial charge in [0.1, 0.15) is 6.61 Å². The lowest BCUT2D eigenvalue weighted by Gasteiger charge is -2.34. The van der Waals surface area contributed by atoms with Crippen LogP contribution in [0.1, 0.15) is 69.1 Å². The van der Waals surface area contributed by atoms with E-state index in [0.29, 0.717) is 43.1 Å². The minimum absolute atomic E-state index is 0.0231. The molecule has 3 atom stereocenters. The van der Waals surface area contributed by atoms with E-state index >= 15 is 0 Å². The van der Waals surface area contributed by atoms with E-state index in [0.717, 1.165) is 49.8 Å². The molecule has 1 heterocycles. The van der Waals surface area contributed by atoms with E-state index in [4.69, 9.17) is 18.9 Å². The number of methoxy groups -OCH3 is 2. The summed E-state index contributed by atoms with van der Waals surface area (Å²) in [6.07, 6.45) is 5.87. The predicted octanol–water partition coefficient (Wildman–Crippen LogP) is 4.63. The average Bonchev–Trinajstić information content (AvgIpc) is 3.36. The molecule has 1 saturated heterocycles. The zero-order valence-electron chi connectivity index (χ0n) is 22.2. The van der Waals surface area contributed by atoms with E-state index in [1.54, 1.807) is 12.1 Å². The number of aliphatic hydroxyl groups excluding tert-OH is 1. The van der Waals surface area contributed by atoms with E-state index in [1.165, 1.54) is 14.2 Å². The molecule has 0 radical (unpaired) electrons. The summed E-state index contributed by atoms with van der Waals surface area (Å²) in [7, 11) is 3.05. The Kier molecular flexibility index (Phi) is 9.05. The molecular weight excluding hydrogens is 474 g/mol. The van der Waals surface area contributed by atoms with Gasteiger partial charge in [0, 0.05) is 6.42 Å². The molecule has 204 valence electrons. The number of ether oxygens (including phenoxy) is 4. The van der Waals surface area contributed by atoms with Gasteiger partial charge in [0.05, 0.1) is 38.1 Å². The Morgan fingerprint density at radius 2 is 1.73 bits per heavy atom.